The van der Waals surface area contributed by atoms with Crippen molar-refractivity contribution in [1.29, 1.82) is 0 Å². The van der Waals surface area contributed by atoms with E-state index in [9.17, 15) is 4.79 Å². The summed E-state index contributed by atoms with van der Waals surface area (Å²) in [5.74, 6) is 0.178. The summed E-state index contributed by atoms with van der Waals surface area (Å²) >= 11 is 0. The van der Waals surface area contributed by atoms with Crippen molar-refractivity contribution in [2.45, 2.75) is 19.3 Å². The van der Waals surface area contributed by atoms with Crippen LogP contribution in [0.3, 0.4) is 0 Å². The van der Waals surface area contributed by atoms with Crippen molar-refractivity contribution in [3.63, 3.8) is 0 Å². The lowest BCUT2D eigenvalue weighted by Crippen LogP contribution is -2.35. The number of rotatable bonds is 4. The van der Waals surface area contributed by atoms with E-state index >= 15 is 0 Å². The van der Waals surface area contributed by atoms with Gasteiger partial charge in [0.05, 0.1) is 5.69 Å². The summed E-state index contributed by atoms with van der Waals surface area (Å²) in [6.45, 7) is 1.49. The van der Waals surface area contributed by atoms with E-state index in [0.29, 0.717) is 13.0 Å². The second-order valence-electron chi connectivity index (χ2n) is 4.35. The second-order valence-corrected chi connectivity index (χ2v) is 4.35. The van der Waals surface area contributed by atoms with Gasteiger partial charge >= 0.3 is 0 Å². The Morgan fingerprint density at radius 3 is 2.88 bits per heavy atom. The molecule has 0 atom stereocenters. The van der Waals surface area contributed by atoms with Gasteiger partial charge in [-0.25, -0.2) is 0 Å². The van der Waals surface area contributed by atoms with E-state index in [1.165, 1.54) is 5.56 Å². The van der Waals surface area contributed by atoms with Crippen LogP contribution in [-0.4, -0.2) is 31.1 Å². The molecule has 1 saturated heterocycles. The Bertz CT molecular complexity index is 405. The molecule has 0 unspecified atom stereocenters. The molecule has 1 aliphatic heterocycles. The lowest BCUT2D eigenvalue weighted by atomic mass is 10.1. The Morgan fingerprint density at radius 2 is 2.24 bits per heavy atom. The molecule has 4 nitrogen and oxygen atoms in total. The third kappa shape index (κ3) is 2.58. The molecule has 92 valence electrons. The van der Waals surface area contributed by atoms with Crippen LogP contribution in [0.1, 0.15) is 18.4 Å². The summed E-state index contributed by atoms with van der Waals surface area (Å²) in [6, 6.07) is 8.33. The molecule has 1 heterocycles. The van der Waals surface area contributed by atoms with E-state index in [0.717, 1.165) is 25.1 Å². The first-order valence-corrected chi connectivity index (χ1v) is 6.05. The topological polar surface area (TPSA) is 49.6 Å². The first-order valence-electron chi connectivity index (χ1n) is 6.05. The highest BCUT2D eigenvalue weighted by molar-refractivity contribution is 5.81. The summed E-state index contributed by atoms with van der Waals surface area (Å²) in [5.41, 5.74) is 7.88. The van der Waals surface area contributed by atoms with Crippen LogP contribution in [-0.2, 0) is 11.2 Å². The van der Waals surface area contributed by atoms with Crippen molar-refractivity contribution in [2.24, 2.45) is 5.73 Å². The van der Waals surface area contributed by atoms with Crippen LogP contribution in [0, 0.1) is 0 Å². The quantitative estimate of drug-likeness (QED) is 0.849. The maximum atomic E-state index is 11.5. The van der Waals surface area contributed by atoms with Gasteiger partial charge in [0, 0.05) is 20.0 Å². The van der Waals surface area contributed by atoms with Crippen LogP contribution < -0.4 is 10.7 Å². The molecular formula is C13H19N3O. The molecule has 0 aliphatic carbocycles. The molecule has 1 aromatic rings. The molecule has 1 fully saturated rings. The molecule has 0 spiro atoms. The Kier molecular flexibility index (Phi) is 3.64. The van der Waals surface area contributed by atoms with Gasteiger partial charge in [-0.3, -0.25) is 14.8 Å². The normalized spacial score (nSPS) is 15.8. The minimum absolute atomic E-state index is 0.178. The number of nitrogens with two attached hydrogens (primary N) is 1. The van der Waals surface area contributed by atoms with Gasteiger partial charge in [0.25, 0.3) is 0 Å². The van der Waals surface area contributed by atoms with Crippen LogP contribution in [0.15, 0.2) is 24.3 Å². The zero-order valence-electron chi connectivity index (χ0n) is 10.2. The number of amides is 1. The molecule has 1 aliphatic rings. The van der Waals surface area contributed by atoms with Gasteiger partial charge in [-0.15, -0.1) is 0 Å². The van der Waals surface area contributed by atoms with Crippen LogP contribution in [0.2, 0.25) is 0 Å². The molecule has 1 aromatic carbocycles. The monoisotopic (exact) mass is 233 g/mol. The fraction of sp³-hybridized carbons (Fsp3) is 0.462. The van der Waals surface area contributed by atoms with Gasteiger partial charge < -0.3 is 5.73 Å². The predicted octanol–water partition coefficient (Wildman–Crippen LogP) is 1.16. The van der Waals surface area contributed by atoms with Gasteiger partial charge in [-0.05, 0) is 37.1 Å². The summed E-state index contributed by atoms with van der Waals surface area (Å²) in [5, 5.41) is 3.72. The van der Waals surface area contributed by atoms with Crippen molar-refractivity contribution < 1.29 is 4.79 Å². The predicted molar refractivity (Wildman–Crippen MR) is 68.6 cm³/mol. The first kappa shape index (κ1) is 11.9. The van der Waals surface area contributed by atoms with Crippen LogP contribution >= 0.6 is 0 Å². The molecule has 0 saturated carbocycles. The lowest BCUT2D eigenvalue weighted by Gasteiger charge is -2.26. The van der Waals surface area contributed by atoms with Crippen molar-refractivity contribution in [1.82, 2.24) is 5.01 Å². The van der Waals surface area contributed by atoms with Gasteiger partial charge in [0.1, 0.15) is 0 Å². The van der Waals surface area contributed by atoms with E-state index in [1.807, 2.05) is 24.2 Å². The summed E-state index contributed by atoms with van der Waals surface area (Å²) in [7, 11) is 1.82. The number of hydrazine groups is 1. The standard InChI is InChI=1S/C13H19N3O/c1-15-13(17)7-9-16(15)12-6-2-4-11(10-12)5-3-8-14/h2,4,6,10H,3,5,7-9,14H2,1H3. The summed E-state index contributed by atoms with van der Waals surface area (Å²) in [6.07, 6.45) is 2.59. The number of hydrogen-bond acceptors (Lipinski definition) is 3. The van der Waals surface area contributed by atoms with Gasteiger partial charge in [0.15, 0.2) is 0 Å². The van der Waals surface area contributed by atoms with Crippen molar-refractivity contribution in [3.8, 4) is 0 Å². The minimum atomic E-state index is 0.178. The average Bonchev–Trinajstić information content (AvgIpc) is 2.68. The van der Waals surface area contributed by atoms with Gasteiger partial charge in [-0.2, -0.15) is 0 Å². The molecule has 1 amide bonds. The molecule has 2 N–H and O–H groups in total. The second kappa shape index (κ2) is 5.19. The lowest BCUT2D eigenvalue weighted by molar-refractivity contribution is -0.126. The highest BCUT2D eigenvalue weighted by Crippen LogP contribution is 2.22. The Hall–Kier alpha value is -1.55. The molecule has 4 heteroatoms. The smallest absolute Gasteiger partial charge is 0.242 e. The molecular weight excluding hydrogens is 214 g/mol. The number of carbonyl (C=O) groups is 1. The number of benzene rings is 1. The number of anilines is 1. The zero-order valence-corrected chi connectivity index (χ0v) is 10.2. The zero-order chi connectivity index (χ0) is 12.3. The third-order valence-corrected chi connectivity index (χ3v) is 3.14. The van der Waals surface area contributed by atoms with Gasteiger partial charge in [0.2, 0.25) is 5.91 Å². The maximum absolute atomic E-state index is 11.5. The van der Waals surface area contributed by atoms with Crippen molar-refractivity contribution in [3.05, 3.63) is 29.8 Å². The SMILES string of the molecule is CN1C(=O)CCN1c1cccc(CCCN)c1. The van der Waals surface area contributed by atoms with Crippen LogP contribution in [0.25, 0.3) is 0 Å². The van der Waals surface area contributed by atoms with E-state index < -0.39 is 0 Å². The van der Waals surface area contributed by atoms with E-state index in [4.69, 9.17) is 5.73 Å². The third-order valence-electron chi connectivity index (χ3n) is 3.14. The molecule has 0 aromatic heterocycles. The molecule has 0 radical (unpaired) electrons. The number of carbonyl (C=O) groups excluding carboxylic acids is 1. The fourth-order valence-electron chi connectivity index (χ4n) is 2.13. The number of aryl methyl sites for hydroxylation is 1. The molecule has 17 heavy (non-hydrogen) atoms. The Balaban J connectivity index is 2.13. The Labute approximate surface area is 102 Å². The number of hydrogen-bond donors (Lipinski definition) is 1. The fourth-order valence-corrected chi connectivity index (χ4v) is 2.13. The van der Waals surface area contributed by atoms with Crippen LogP contribution in [0.4, 0.5) is 5.69 Å². The van der Waals surface area contributed by atoms with E-state index in [-0.39, 0.29) is 5.91 Å². The molecule has 0 bridgehead atoms. The molecule has 2 rings (SSSR count). The maximum Gasteiger partial charge on any atom is 0.242 e. The van der Waals surface area contributed by atoms with E-state index in [1.54, 1.807) is 5.01 Å². The Morgan fingerprint density at radius 1 is 1.41 bits per heavy atom. The van der Waals surface area contributed by atoms with Crippen molar-refractivity contribution >= 4 is 11.6 Å². The summed E-state index contributed by atoms with van der Waals surface area (Å²) < 4.78 is 0. The average molecular weight is 233 g/mol. The first-order chi connectivity index (χ1) is 8.22. The number of nitrogens with zero attached hydrogens (tertiary/aromatic N) is 2. The highest BCUT2D eigenvalue weighted by Gasteiger charge is 2.25. The van der Waals surface area contributed by atoms with E-state index in [2.05, 4.69) is 12.1 Å². The minimum Gasteiger partial charge on any atom is -0.330 e. The summed E-state index contributed by atoms with van der Waals surface area (Å²) in [4.78, 5) is 11.5. The van der Waals surface area contributed by atoms with Crippen molar-refractivity contribution in [2.75, 3.05) is 25.1 Å². The van der Waals surface area contributed by atoms with Gasteiger partial charge in [-0.1, -0.05) is 12.1 Å². The van der Waals surface area contributed by atoms with Crippen LogP contribution in [0.5, 0.6) is 0 Å². The highest BCUT2D eigenvalue weighted by atomic mass is 16.2. The largest absolute Gasteiger partial charge is 0.330 e.